The lowest BCUT2D eigenvalue weighted by molar-refractivity contribution is -0.0325. The number of amides is 1. The molecule has 0 spiro atoms. The highest BCUT2D eigenvalue weighted by Gasteiger charge is 2.31. The Morgan fingerprint density at radius 3 is 2.93 bits per heavy atom. The van der Waals surface area contributed by atoms with E-state index in [-0.39, 0.29) is 17.4 Å². The standard InChI is InChI=1S/C22H29N5O2S/c1-22(2,3)19-14(11-24-25-19)12-27-9-10-29-16(13-27)17-15-7-6-8-23-20(15)30-18(17)21(28)26(4)5/h6-8,11,16H,9-10,12-13H2,1-5H3,(H,24,25)/t16-/m1/s1. The first-order valence-electron chi connectivity index (χ1n) is 10.2. The van der Waals surface area contributed by atoms with Crippen LogP contribution in [0.25, 0.3) is 10.2 Å². The number of aromatic amines is 1. The second-order valence-electron chi connectivity index (χ2n) is 9.02. The zero-order chi connectivity index (χ0) is 21.5. The van der Waals surface area contributed by atoms with Crippen LogP contribution >= 0.6 is 11.3 Å². The number of thiophene rings is 1. The van der Waals surface area contributed by atoms with Gasteiger partial charge >= 0.3 is 0 Å². The van der Waals surface area contributed by atoms with Gasteiger partial charge in [-0.3, -0.25) is 14.8 Å². The van der Waals surface area contributed by atoms with Crippen LogP contribution in [0.4, 0.5) is 0 Å². The Morgan fingerprint density at radius 1 is 1.40 bits per heavy atom. The highest BCUT2D eigenvalue weighted by molar-refractivity contribution is 7.20. The third-order valence-electron chi connectivity index (χ3n) is 5.44. The van der Waals surface area contributed by atoms with Crippen molar-refractivity contribution in [2.75, 3.05) is 33.8 Å². The van der Waals surface area contributed by atoms with Gasteiger partial charge in [0.05, 0.1) is 18.9 Å². The Balaban J connectivity index is 1.64. The molecule has 4 heterocycles. The Labute approximate surface area is 181 Å². The molecule has 0 radical (unpaired) electrons. The number of morpholine rings is 1. The molecule has 3 aromatic heterocycles. The summed E-state index contributed by atoms with van der Waals surface area (Å²) in [6.45, 7) is 9.58. The fourth-order valence-corrected chi connectivity index (χ4v) is 5.19. The van der Waals surface area contributed by atoms with Gasteiger partial charge in [-0.25, -0.2) is 4.98 Å². The summed E-state index contributed by atoms with van der Waals surface area (Å²) >= 11 is 1.45. The van der Waals surface area contributed by atoms with Crippen molar-refractivity contribution < 1.29 is 9.53 Å². The maximum atomic E-state index is 12.9. The molecule has 7 nitrogen and oxygen atoms in total. The third kappa shape index (κ3) is 3.99. The molecule has 0 aromatic carbocycles. The number of ether oxygens (including phenoxy) is 1. The van der Waals surface area contributed by atoms with Crippen molar-refractivity contribution >= 4 is 27.5 Å². The number of carbonyl (C=O) groups is 1. The van der Waals surface area contributed by atoms with Crippen LogP contribution in [0.2, 0.25) is 0 Å². The summed E-state index contributed by atoms with van der Waals surface area (Å²) in [6.07, 6.45) is 3.53. The van der Waals surface area contributed by atoms with Gasteiger partial charge in [-0.05, 0) is 6.07 Å². The summed E-state index contributed by atoms with van der Waals surface area (Å²) in [5.41, 5.74) is 3.36. The average Bonchev–Trinajstić information content (AvgIpc) is 3.31. The summed E-state index contributed by atoms with van der Waals surface area (Å²) in [6, 6.07) is 3.96. The van der Waals surface area contributed by atoms with Crippen molar-refractivity contribution in [3.05, 3.63) is 46.2 Å². The maximum Gasteiger partial charge on any atom is 0.263 e. The molecule has 8 heteroatoms. The highest BCUT2D eigenvalue weighted by atomic mass is 32.1. The summed E-state index contributed by atoms with van der Waals surface area (Å²) in [5.74, 6) is -0.00132. The number of aromatic nitrogens is 3. The lowest BCUT2D eigenvalue weighted by Crippen LogP contribution is -2.38. The van der Waals surface area contributed by atoms with Crippen LogP contribution in [0.5, 0.6) is 0 Å². The van der Waals surface area contributed by atoms with Crippen molar-refractivity contribution in [1.82, 2.24) is 25.0 Å². The summed E-state index contributed by atoms with van der Waals surface area (Å²) in [5, 5.41) is 8.46. The minimum absolute atomic E-state index is 0.00132. The van der Waals surface area contributed by atoms with Crippen LogP contribution in [0.15, 0.2) is 24.5 Å². The number of rotatable bonds is 4. The Bertz CT molecular complexity index is 1050. The summed E-state index contributed by atoms with van der Waals surface area (Å²) < 4.78 is 6.19. The van der Waals surface area contributed by atoms with E-state index < -0.39 is 0 Å². The van der Waals surface area contributed by atoms with Crippen LogP contribution in [0.3, 0.4) is 0 Å². The van der Waals surface area contributed by atoms with Gasteiger partial charge in [0.25, 0.3) is 5.91 Å². The second kappa shape index (κ2) is 8.09. The molecule has 1 amide bonds. The number of fused-ring (bicyclic) bond motifs is 1. The predicted molar refractivity (Wildman–Crippen MR) is 119 cm³/mol. The number of hydrogen-bond acceptors (Lipinski definition) is 6. The Hall–Kier alpha value is -2.29. The van der Waals surface area contributed by atoms with Gasteiger partial charge in [0.1, 0.15) is 9.71 Å². The SMILES string of the molecule is CN(C)C(=O)c1sc2ncccc2c1[C@H]1CN(Cc2cn[nH]c2C(C)(C)C)CCO1. The highest BCUT2D eigenvalue weighted by Crippen LogP contribution is 2.38. The molecule has 4 rings (SSSR count). The average molecular weight is 428 g/mol. The zero-order valence-corrected chi connectivity index (χ0v) is 19.0. The summed E-state index contributed by atoms with van der Waals surface area (Å²) in [7, 11) is 3.57. The van der Waals surface area contributed by atoms with E-state index in [9.17, 15) is 4.79 Å². The molecule has 0 bridgehead atoms. The van der Waals surface area contributed by atoms with Crippen molar-refractivity contribution in [2.45, 2.75) is 38.8 Å². The van der Waals surface area contributed by atoms with E-state index in [1.54, 1.807) is 25.2 Å². The second-order valence-corrected chi connectivity index (χ2v) is 10.0. The largest absolute Gasteiger partial charge is 0.371 e. The zero-order valence-electron chi connectivity index (χ0n) is 18.2. The first kappa shape index (κ1) is 21.0. The molecular formula is C22H29N5O2S. The van der Waals surface area contributed by atoms with Crippen LogP contribution in [0, 0.1) is 0 Å². The molecule has 1 fully saturated rings. The molecule has 1 atom stereocenters. The first-order chi connectivity index (χ1) is 14.3. The van der Waals surface area contributed by atoms with Crippen molar-refractivity contribution in [1.29, 1.82) is 0 Å². The van der Waals surface area contributed by atoms with E-state index in [0.717, 1.165) is 40.3 Å². The van der Waals surface area contributed by atoms with Gasteiger partial charge in [-0.2, -0.15) is 5.10 Å². The third-order valence-corrected chi connectivity index (χ3v) is 6.56. The number of nitrogens with one attached hydrogen (secondary N) is 1. The molecule has 1 saturated heterocycles. The number of hydrogen-bond donors (Lipinski definition) is 1. The molecule has 0 aliphatic carbocycles. The van der Waals surface area contributed by atoms with Gasteiger partial charge in [-0.15, -0.1) is 11.3 Å². The van der Waals surface area contributed by atoms with Gasteiger partial charge in [-0.1, -0.05) is 26.8 Å². The Kier molecular flexibility index (Phi) is 5.65. The number of pyridine rings is 1. The molecule has 1 aliphatic rings. The predicted octanol–water partition coefficient (Wildman–Crippen LogP) is 3.59. The van der Waals surface area contributed by atoms with E-state index in [4.69, 9.17) is 4.74 Å². The number of H-pyrrole nitrogens is 1. The fourth-order valence-electron chi connectivity index (χ4n) is 3.97. The molecule has 3 aromatic rings. The first-order valence-corrected chi connectivity index (χ1v) is 11.0. The van der Waals surface area contributed by atoms with E-state index in [1.807, 2.05) is 18.3 Å². The van der Waals surface area contributed by atoms with Gasteiger partial charge in [0.15, 0.2) is 0 Å². The van der Waals surface area contributed by atoms with Gasteiger partial charge in [0, 0.05) is 67.5 Å². The van der Waals surface area contributed by atoms with Crippen LogP contribution in [-0.2, 0) is 16.7 Å². The van der Waals surface area contributed by atoms with Gasteiger partial charge in [0.2, 0.25) is 0 Å². The van der Waals surface area contributed by atoms with E-state index in [0.29, 0.717) is 6.61 Å². The normalized spacial score (nSPS) is 18.1. The smallest absolute Gasteiger partial charge is 0.263 e. The monoisotopic (exact) mass is 427 g/mol. The molecule has 160 valence electrons. The maximum absolute atomic E-state index is 12.9. The van der Waals surface area contributed by atoms with Gasteiger partial charge < -0.3 is 9.64 Å². The van der Waals surface area contributed by atoms with Crippen LogP contribution < -0.4 is 0 Å². The molecule has 1 N–H and O–H groups in total. The minimum Gasteiger partial charge on any atom is -0.371 e. The van der Waals surface area contributed by atoms with E-state index in [1.165, 1.54) is 22.6 Å². The number of carbonyl (C=O) groups excluding carboxylic acids is 1. The molecule has 0 unspecified atom stereocenters. The summed E-state index contributed by atoms with van der Waals surface area (Å²) in [4.78, 5) is 23.0. The van der Waals surface area contributed by atoms with Crippen molar-refractivity contribution in [2.24, 2.45) is 0 Å². The lowest BCUT2D eigenvalue weighted by atomic mass is 9.89. The quantitative estimate of drug-likeness (QED) is 0.689. The van der Waals surface area contributed by atoms with Crippen molar-refractivity contribution in [3.63, 3.8) is 0 Å². The van der Waals surface area contributed by atoms with Crippen LogP contribution in [-0.4, -0.2) is 64.7 Å². The molecule has 0 saturated carbocycles. The van der Waals surface area contributed by atoms with Crippen LogP contribution in [0.1, 0.15) is 53.4 Å². The van der Waals surface area contributed by atoms with E-state index >= 15 is 0 Å². The minimum atomic E-state index is -0.166. The van der Waals surface area contributed by atoms with Crippen molar-refractivity contribution in [3.8, 4) is 0 Å². The Morgan fingerprint density at radius 2 is 2.20 bits per heavy atom. The molecular weight excluding hydrogens is 398 g/mol. The molecule has 1 aliphatic heterocycles. The topological polar surface area (TPSA) is 74.4 Å². The number of nitrogens with zero attached hydrogens (tertiary/aromatic N) is 4. The lowest BCUT2D eigenvalue weighted by Gasteiger charge is -2.34. The molecule has 30 heavy (non-hydrogen) atoms. The fraction of sp³-hybridized carbons (Fsp3) is 0.500. The van der Waals surface area contributed by atoms with E-state index in [2.05, 4.69) is 40.9 Å².